The molecule has 2 atom stereocenters. The first-order valence-electron chi connectivity index (χ1n) is 10.8. The molecule has 0 saturated carbocycles. The quantitative estimate of drug-likeness (QED) is 0.578. The van der Waals surface area contributed by atoms with Crippen molar-refractivity contribution in [1.29, 1.82) is 0 Å². The molecule has 8 nitrogen and oxygen atoms in total. The molecule has 33 heavy (non-hydrogen) atoms. The topological polar surface area (TPSA) is 105 Å². The number of nitrogens with zero attached hydrogens (tertiary/aromatic N) is 1. The van der Waals surface area contributed by atoms with Crippen LogP contribution in [-0.2, 0) is 19.6 Å². The molecule has 178 valence electrons. The zero-order chi connectivity index (χ0) is 24.0. The minimum Gasteiger partial charge on any atom is -0.376 e. The van der Waals surface area contributed by atoms with Crippen molar-refractivity contribution >= 4 is 33.2 Å². The third kappa shape index (κ3) is 6.29. The summed E-state index contributed by atoms with van der Waals surface area (Å²) in [6.07, 6.45) is 2.94. The van der Waals surface area contributed by atoms with Crippen LogP contribution >= 0.6 is 0 Å². The first-order chi connectivity index (χ1) is 15.7. The SMILES string of the molecule is CCC(C(=O)Nc1ccccc1C(=O)NCC1CCCO1)N(c1ccc(F)cc1)S(C)(=O)=O. The number of para-hydroxylation sites is 1. The first kappa shape index (κ1) is 24.7. The maximum Gasteiger partial charge on any atom is 0.253 e. The average molecular weight is 478 g/mol. The van der Waals surface area contributed by atoms with Gasteiger partial charge in [-0.05, 0) is 55.7 Å². The second-order valence-electron chi connectivity index (χ2n) is 7.84. The largest absolute Gasteiger partial charge is 0.376 e. The highest BCUT2D eigenvalue weighted by Crippen LogP contribution is 2.24. The summed E-state index contributed by atoms with van der Waals surface area (Å²) in [5.41, 5.74) is 0.688. The number of sulfonamides is 1. The molecule has 0 aliphatic carbocycles. The number of benzene rings is 2. The van der Waals surface area contributed by atoms with Gasteiger partial charge < -0.3 is 15.4 Å². The number of anilines is 2. The minimum absolute atomic E-state index is 0.0285. The number of hydrogen-bond donors (Lipinski definition) is 2. The Hall–Kier alpha value is -2.98. The first-order valence-corrected chi connectivity index (χ1v) is 12.6. The van der Waals surface area contributed by atoms with Crippen molar-refractivity contribution in [3.05, 3.63) is 59.9 Å². The van der Waals surface area contributed by atoms with Crippen LogP contribution in [0.25, 0.3) is 0 Å². The van der Waals surface area contributed by atoms with Crippen molar-refractivity contribution < 1.29 is 27.1 Å². The molecule has 1 aliphatic rings. The number of ether oxygens (including phenoxy) is 1. The second kappa shape index (κ2) is 10.8. The zero-order valence-corrected chi connectivity index (χ0v) is 19.4. The van der Waals surface area contributed by atoms with Crippen LogP contribution in [0, 0.1) is 5.82 Å². The summed E-state index contributed by atoms with van der Waals surface area (Å²) in [6.45, 7) is 2.72. The summed E-state index contributed by atoms with van der Waals surface area (Å²) < 4.78 is 44.9. The van der Waals surface area contributed by atoms with Gasteiger partial charge in [0.25, 0.3) is 5.91 Å². The van der Waals surface area contributed by atoms with Gasteiger partial charge in [-0.2, -0.15) is 0 Å². The van der Waals surface area contributed by atoms with E-state index >= 15 is 0 Å². The Morgan fingerprint density at radius 3 is 2.48 bits per heavy atom. The number of carbonyl (C=O) groups excluding carboxylic acids is 2. The average Bonchev–Trinajstić information content (AvgIpc) is 3.30. The highest BCUT2D eigenvalue weighted by atomic mass is 32.2. The monoisotopic (exact) mass is 477 g/mol. The Morgan fingerprint density at radius 2 is 1.88 bits per heavy atom. The van der Waals surface area contributed by atoms with Crippen LogP contribution in [0.4, 0.5) is 15.8 Å². The van der Waals surface area contributed by atoms with E-state index in [4.69, 9.17) is 4.74 Å². The molecule has 3 rings (SSSR count). The molecule has 1 aliphatic heterocycles. The molecule has 2 unspecified atom stereocenters. The zero-order valence-electron chi connectivity index (χ0n) is 18.6. The second-order valence-corrected chi connectivity index (χ2v) is 9.70. The molecule has 1 fully saturated rings. The fourth-order valence-corrected chi connectivity index (χ4v) is 4.97. The fourth-order valence-electron chi connectivity index (χ4n) is 3.76. The van der Waals surface area contributed by atoms with Gasteiger partial charge in [-0.1, -0.05) is 19.1 Å². The lowest BCUT2D eigenvalue weighted by Gasteiger charge is -2.30. The Morgan fingerprint density at radius 1 is 1.18 bits per heavy atom. The molecule has 0 bridgehead atoms. The van der Waals surface area contributed by atoms with Crippen molar-refractivity contribution in [3.8, 4) is 0 Å². The number of halogens is 1. The molecule has 2 aromatic rings. The summed E-state index contributed by atoms with van der Waals surface area (Å²) in [4.78, 5) is 25.9. The molecule has 0 aromatic heterocycles. The molecule has 10 heteroatoms. The molecule has 1 heterocycles. The van der Waals surface area contributed by atoms with Crippen molar-refractivity contribution in [2.75, 3.05) is 29.0 Å². The maximum atomic E-state index is 13.4. The van der Waals surface area contributed by atoms with Crippen LogP contribution in [-0.4, -0.2) is 51.8 Å². The van der Waals surface area contributed by atoms with E-state index in [2.05, 4.69) is 10.6 Å². The number of rotatable bonds is 9. The van der Waals surface area contributed by atoms with Crippen molar-refractivity contribution in [3.63, 3.8) is 0 Å². The molecule has 0 spiro atoms. The molecule has 2 aromatic carbocycles. The molecule has 2 amide bonds. The van der Waals surface area contributed by atoms with Crippen LogP contribution in [0.1, 0.15) is 36.5 Å². The minimum atomic E-state index is -3.87. The van der Waals surface area contributed by atoms with E-state index < -0.39 is 27.8 Å². The highest BCUT2D eigenvalue weighted by molar-refractivity contribution is 7.92. The predicted octanol–water partition coefficient (Wildman–Crippen LogP) is 2.92. The normalized spacial score (nSPS) is 16.8. The summed E-state index contributed by atoms with van der Waals surface area (Å²) in [5, 5.41) is 5.51. The molecular formula is C23H28FN3O5S. The Balaban J connectivity index is 1.81. The van der Waals surface area contributed by atoms with E-state index in [1.807, 2.05) is 0 Å². The van der Waals surface area contributed by atoms with Gasteiger partial charge >= 0.3 is 0 Å². The van der Waals surface area contributed by atoms with Gasteiger partial charge in [0.05, 0.1) is 29.3 Å². The molecular weight excluding hydrogens is 449 g/mol. The van der Waals surface area contributed by atoms with E-state index in [0.29, 0.717) is 13.2 Å². The lowest BCUT2D eigenvalue weighted by molar-refractivity contribution is -0.117. The summed E-state index contributed by atoms with van der Waals surface area (Å²) in [5.74, 6) is -1.49. The number of carbonyl (C=O) groups is 2. The van der Waals surface area contributed by atoms with Crippen molar-refractivity contribution in [1.82, 2.24) is 5.32 Å². The Kier molecular flexibility index (Phi) is 8.04. The van der Waals surface area contributed by atoms with Crippen LogP contribution in [0.15, 0.2) is 48.5 Å². The van der Waals surface area contributed by atoms with Crippen LogP contribution in [0.2, 0.25) is 0 Å². The number of hydrogen-bond acceptors (Lipinski definition) is 5. The van der Waals surface area contributed by atoms with E-state index in [1.54, 1.807) is 31.2 Å². The van der Waals surface area contributed by atoms with Gasteiger partial charge in [-0.3, -0.25) is 13.9 Å². The Bertz CT molecular complexity index is 1090. The van der Waals surface area contributed by atoms with Gasteiger partial charge in [0.2, 0.25) is 15.9 Å². The third-order valence-electron chi connectivity index (χ3n) is 5.35. The van der Waals surface area contributed by atoms with Crippen molar-refractivity contribution in [2.24, 2.45) is 0 Å². The number of nitrogens with one attached hydrogen (secondary N) is 2. The maximum absolute atomic E-state index is 13.4. The highest BCUT2D eigenvalue weighted by Gasteiger charge is 2.32. The van der Waals surface area contributed by atoms with E-state index in [9.17, 15) is 22.4 Å². The summed E-state index contributed by atoms with van der Waals surface area (Å²) >= 11 is 0. The predicted molar refractivity (Wildman–Crippen MR) is 124 cm³/mol. The van der Waals surface area contributed by atoms with Gasteiger partial charge in [-0.15, -0.1) is 0 Å². The lowest BCUT2D eigenvalue weighted by atomic mass is 10.1. The van der Waals surface area contributed by atoms with Crippen LogP contribution in [0.3, 0.4) is 0 Å². The van der Waals surface area contributed by atoms with Gasteiger partial charge in [-0.25, -0.2) is 12.8 Å². The Labute approximate surface area is 193 Å². The standard InChI is InChI=1S/C23H28FN3O5S/c1-3-21(27(33(2,30)31)17-12-10-16(24)11-13-17)23(29)26-20-9-5-4-8-19(20)22(28)25-15-18-7-6-14-32-18/h4-5,8-13,18,21H,3,6-7,14-15H2,1-2H3,(H,25,28)(H,26,29). The lowest BCUT2D eigenvalue weighted by Crippen LogP contribution is -2.47. The van der Waals surface area contributed by atoms with Gasteiger partial charge in [0.1, 0.15) is 11.9 Å². The van der Waals surface area contributed by atoms with Gasteiger partial charge in [0.15, 0.2) is 0 Å². The van der Waals surface area contributed by atoms with E-state index in [-0.39, 0.29) is 35.4 Å². The summed E-state index contributed by atoms with van der Waals surface area (Å²) in [7, 11) is -3.87. The van der Waals surface area contributed by atoms with E-state index in [1.165, 1.54) is 12.1 Å². The smallest absolute Gasteiger partial charge is 0.253 e. The number of amides is 2. The van der Waals surface area contributed by atoms with Crippen LogP contribution < -0.4 is 14.9 Å². The van der Waals surface area contributed by atoms with Gasteiger partial charge in [0, 0.05) is 13.2 Å². The molecule has 0 radical (unpaired) electrons. The summed E-state index contributed by atoms with van der Waals surface area (Å²) in [6, 6.07) is 10.3. The molecule has 1 saturated heterocycles. The van der Waals surface area contributed by atoms with Crippen LogP contribution in [0.5, 0.6) is 0 Å². The molecule has 2 N–H and O–H groups in total. The van der Waals surface area contributed by atoms with Crippen molar-refractivity contribution in [2.45, 2.75) is 38.3 Å². The third-order valence-corrected chi connectivity index (χ3v) is 6.53. The van der Waals surface area contributed by atoms with E-state index in [0.717, 1.165) is 35.5 Å². The fraction of sp³-hybridized carbons (Fsp3) is 0.391.